The quantitative estimate of drug-likeness (QED) is 0.835. The Morgan fingerprint density at radius 1 is 1.35 bits per heavy atom. The highest BCUT2D eigenvalue weighted by Gasteiger charge is 2.34. The number of benzene rings is 1. The Balaban J connectivity index is 1.99. The fourth-order valence-corrected chi connectivity index (χ4v) is 3.02. The van der Waals surface area contributed by atoms with Crippen molar-refractivity contribution in [1.82, 2.24) is 10.2 Å². The van der Waals surface area contributed by atoms with Crippen LogP contribution in [0.2, 0.25) is 0 Å². The van der Waals surface area contributed by atoms with Crippen molar-refractivity contribution in [3.8, 4) is 5.75 Å². The Kier molecular flexibility index (Phi) is 2.81. The first kappa shape index (κ1) is 11.1. The maximum atomic E-state index is 5.36. The van der Waals surface area contributed by atoms with E-state index in [9.17, 15) is 0 Å². The molecule has 2 aliphatic rings. The zero-order valence-electron chi connectivity index (χ0n) is 10.6. The fraction of sp³-hybridized carbons (Fsp3) is 0.571. The van der Waals surface area contributed by atoms with Gasteiger partial charge in [0.1, 0.15) is 5.75 Å². The van der Waals surface area contributed by atoms with Crippen molar-refractivity contribution in [3.63, 3.8) is 0 Å². The van der Waals surface area contributed by atoms with Crippen molar-refractivity contribution in [3.05, 3.63) is 29.3 Å². The van der Waals surface area contributed by atoms with E-state index in [0.717, 1.165) is 31.2 Å². The van der Waals surface area contributed by atoms with Crippen molar-refractivity contribution in [2.75, 3.05) is 33.8 Å². The van der Waals surface area contributed by atoms with Crippen LogP contribution in [0.4, 0.5) is 0 Å². The molecule has 2 heterocycles. The summed E-state index contributed by atoms with van der Waals surface area (Å²) < 4.78 is 5.36. The molecule has 3 nitrogen and oxygen atoms in total. The Morgan fingerprint density at radius 2 is 2.18 bits per heavy atom. The van der Waals surface area contributed by atoms with Gasteiger partial charge in [-0.1, -0.05) is 6.07 Å². The lowest BCUT2D eigenvalue weighted by Gasteiger charge is -2.43. The van der Waals surface area contributed by atoms with E-state index in [1.807, 2.05) is 0 Å². The summed E-state index contributed by atoms with van der Waals surface area (Å²) in [7, 11) is 3.99. The van der Waals surface area contributed by atoms with Crippen LogP contribution in [0.25, 0.3) is 0 Å². The number of nitrogens with one attached hydrogen (secondary N) is 1. The van der Waals surface area contributed by atoms with Gasteiger partial charge < -0.3 is 10.1 Å². The molecule has 0 amide bonds. The SMILES string of the molecule is COc1ccc2c(c1)C(C1CNC1)N(C)CC2. The van der Waals surface area contributed by atoms with Crippen molar-refractivity contribution in [2.24, 2.45) is 5.92 Å². The molecule has 1 fully saturated rings. The second-order valence-electron chi connectivity index (χ2n) is 5.16. The molecule has 0 radical (unpaired) electrons. The van der Waals surface area contributed by atoms with E-state index in [2.05, 4.69) is 35.5 Å². The summed E-state index contributed by atoms with van der Waals surface area (Å²) in [6.45, 7) is 3.46. The Labute approximate surface area is 103 Å². The molecular weight excluding hydrogens is 212 g/mol. The lowest BCUT2D eigenvalue weighted by molar-refractivity contribution is 0.126. The molecule has 3 rings (SSSR count). The number of rotatable bonds is 2. The predicted octanol–water partition coefficient (Wildman–Crippen LogP) is 1.44. The number of hydrogen-bond acceptors (Lipinski definition) is 3. The molecule has 2 aliphatic heterocycles. The molecule has 0 spiro atoms. The third-order valence-corrected chi connectivity index (χ3v) is 4.14. The number of methoxy groups -OCH3 is 1. The molecule has 0 saturated carbocycles. The van der Waals surface area contributed by atoms with Crippen LogP contribution in [0.15, 0.2) is 18.2 Å². The number of ether oxygens (including phenoxy) is 1. The van der Waals surface area contributed by atoms with E-state index >= 15 is 0 Å². The smallest absolute Gasteiger partial charge is 0.119 e. The van der Waals surface area contributed by atoms with Crippen LogP contribution >= 0.6 is 0 Å². The van der Waals surface area contributed by atoms with E-state index in [-0.39, 0.29) is 0 Å². The molecule has 1 aromatic rings. The number of likely N-dealkylation sites (N-methyl/N-ethyl adjacent to an activating group) is 1. The first-order valence-electron chi connectivity index (χ1n) is 6.37. The molecule has 1 atom stereocenters. The normalized spacial score (nSPS) is 25.2. The molecule has 17 heavy (non-hydrogen) atoms. The zero-order chi connectivity index (χ0) is 11.8. The van der Waals surface area contributed by atoms with Crippen molar-refractivity contribution in [2.45, 2.75) is 12.5 Å². The van der Waals surface area contributed by atoms with Crippen LogP contribution in [-0.2, 0) is 6.42 Å². The largest absolute Gasteiger partial charge is 0.497 e. The highest BCUT2D eigenvalue weighted by molar-refractivity contribution is 5.40. The number of hydrogen-bond donors (Lipinski definition) is 1. The van der Waals surface area contributed by atoms with Crippen LogP contribution in [0.1, 0.15) is 17.2 Å². The minimum absolute atomic E-state index is 0.565. The third kappa shape index (κ3) is 1.83. The Bertz CT molecular complexity index is 415. The van der Waals surface area contributed by atoms with Gasteiger partial charge in [-0.25, -0.2) is 0 Å². The standard InChI is InChI=1S/C14H20N2O/c1-16-6-5-10-3-4-12(17-2)7-13(10)14(16)11-8-15-9-11/h3-4,7,11,14-15H,5-6,8-9H2,1-2H3. The van der Waals surface area contributed by atoms with Gasteiger partial charge in [-0.15, -0.1) is 0 Å². The van der Waals surface area contributed by atoms with Gasteiger partial charge in [0.2, 0.25) is 0 Å². The molecule has 0 bridgehead atoms. The zero-order valence-corrected chi connectivity index (χ0v) is 10.6. The average Bonchev–Trinajstić information content (AvgIpc) is 2.30. The molecule has 3 heteroatoms. The van der Waals surface area contributed by atoms with E-state index in [1.165, 1.54) is 17.7 Å². The Morgan fingerprint density at radius 3 is 2.82 bits per heavy atom. The van der Waals surface area contributed by atoms with Gasteiger partial charge in [0.15, 0.2) is 0 Å². The van der Waals surface area contributed by atoms with Gasteiger partial charge in [0, 0.05) is 31.6 Å². The van der Waals surface area contributed by atoms with Gasteiger partial charge >= 0.3 is 0 Å². The minimum atomic E-state index is 0.565. The van der Waals surface area contributed by atoms with E-state index in [4.69, 9.17) is 4.74 Å². The molecule has 1 saturated heterocycles. The minimum Gasteiger partial charge on any atom is -0.497 e. The van der Waals surface area contributed by atoms with Crippen LogP contribution in [-0.4, -0.2) is 38.7 Å². The maximum Gasteiger partial charge on any atom is 0.119 e. The van der Waals surface area contributed by atoms with Crippen LogP contribution in [0.3, 0.4) is 0 Å². The average molecular weight is 232 g/mol. The number of nitrogens with zero attached hydrogens (tertiary/aromatic N) is 1. The summed E-state index contributed by atoms with van der Waals surface area (Å²) in [5, 5.41) is 3.38. The van der Waals surface area contributed by atoms with E-state index < -0.39 is 0 Å². The molecule has 1 unspecified atom stereocenters. The highest BCUT2D eigenvalue weighted by Crippen LogP contribution is 2.37. The summed E-state index contributed by atoms with van der Waals surface area (Å²) in [4.78, 5) is 2.49. The summed E-state index contributed by atoms with van der Waals surface area (Å²) in [5.41, 5.74) is 2.98. The second kappa shape index (κ2) is 4.31. The summed E-state index contributed by atoms with van der Waals surface area (Å²) in [6.07, 6.45) is 1.16. The van der Waals surface area contributed by atoms with E-state index in [1.54, 1.807) is 7.11 Å². The highest BCUT2D eigenvalue weighted by atomic mass is 16.5. The predicted molar refractivity (Wildman–Crippen MR) is 68.4 cm³/mol. The number of fused-ring (bicyclic) bond motifs is 1. The lowest BCUT2D eigenvalue weighted by atomic mass is 9.82. The molecule has 0 aromatic heterocycles. The maximum absolute atomic E-state index is 5.36. The van der Waals surface area contributed by atoms with Crippen LogP contribution < -0.4 is 10.1 Å². The van der Waals surface area contributed by atoms with Gasteiger partial charge in [-0.3, -0.25) is 4.90 Å². The fourth-order valence-electron chi connectivity index (χ4n) is 3.02. The van der Waals surface area contributed by atoms with Crippen molar-refractivity contribution >= 4 is 0 Å². The van der Waals surface area contributed by atoms with Gasteiger partial charge in [-0.2, -0.15) is 0 Å². The van der Waals surface area contributed by atoms with Crippen molar-refractivity contribution < 1.29 is 4.74 Å². The van der Waals surface area contributed by atoms with Gasteiger partial charge in [0.05, 0.1) is 7.11 Å². The second-order valence-corrected chi connectivity index (χ2v) is 5.16. The third-order valence-electron chi connectivity index (χ3n) is 4.14. The van der Waals surface area contributed by atoms with Crippen LogP contribution in [0, 0.1) is 5.92 Å². The first-order valence-corrected chi connectivity index (χ1v) is 6.37. The molecular formula is C14H20N2O. The van der Waals surface area contributed by atoms with E-state index in [0.29, 0.717) is 6.04 Å². The van der Waals surface area contributed by atoms with Gasteiger partial charge in [-0.05, 0) is 36.7 Å². The van der Waals surface area contributed by atoms with Crippen LogP contribution in [0.5, 0.6) is 5.75 Å². The Hall–Kier alpha value is -1.06. The summed E-state index contributed by atoms with van der Waals surface area (Å²) in [5.74, 6) is 1.74. The lowest BCUT2D eigenvalue weighted by Crippen LogP contribution is -2.51. The first-order chi connectivity index (χ1) is 8.29. The summed E-state index contributed by atoms with van der Waals surface area (Å²) >= 11 is 0. The topological polar surface area (TPSA) is 24.5 Å². The monoisotopic (exact) mass is 232 g/mol. The molecule has 0 aliphatic carbocycles. The molecule has 92 valence electrons. The molecule has 1 aromatic carbocycles. The van der Waals surface area contributed by atoms with Gasteiger partial charge in [0.25, 0.3) is 0 Å². The van der Waals surface area contributed by atoms with Crippen molar-refractivity contribution in [1.29, 1.82) is 0 Å². The molecule has 1 N–H and O–H groups in total. The summed E-state index contributed by atoms with van der Waals surface area (Å²) in [6, 6.07) is 7.11.